The zero-order chi connectivity index (χ0) is 24.9. The van der Waals surface area contributed by atoms with Crippen molar-refractivity contribution in [3.63, 3.8) is 0 Å². The first kappa shape index (κ1) is 25.5. The Bertz CT molecular complexity index is 864. The molecule has 1 aromatic carbocycles. The van der Waals surface area contributed by atoms with E-state index >= 15 is 0 Å². The van der Waals surface area contributed by atoms with E-state index in [2.05, 4.69) is 11.7 Å². The summed E-state index contributed by atoms with van der Waals surface area (Å²) >= 11 is 0. The van der Waals surface area contributed by atoms with Gasteiger partial charge in [-0.15, -0.1) is 0 Å². The van der Waals surface area contributed by atoms with Gasteiger partial charge in [-0.05, 0) is 79.9 Å². The van der Waals surface area contributed by atoms with Gasteiger partial charge >= 0.3 is 18.0 Å². The maximum Gasteiger partial charge on any atom is 0.431 e. The molecule has 0 radical (unpaired) electrons. The Morgan fingerprint density at radius 2 is 1.44 bits per heavy atom. The first-order valence-corrected chi connectivity index (χ1v) is 12.2. The lowest BCUT2D eigenvalue weighted by Gasteiger charge is -2.40. The Balaban J connectivity index is 1.49. The molecule has 4 rings (SSSR count). The predicted molar refractivity (Wildman–Crippen MR) is 111 cm³/mol. The predicted octanol–water partition coefficient (Wildman–Crippen LogP) is 8.76. The number of hydrogen-bond acceptors (Lipinski definition) is 1. The quantitative estimate of drug-likeness (QED) is 0.377. The molecule has 0 spiro atoms. The molecule has 1 nitrogen and oxygen atoms in total. The Hall–Kier alpha value is -1.54. The summed E-state index contributed by atoms with van der Waals surface area (Å²) in [6, 6.07) is 1.59. The first-order chi connectivity index (χ1) is 15.9. The van der Waals surface area contributed by atoms with Gasteiger partial charge in [0.2, 0.25) is 0 Å². The van der Waals surface area contributed by atoms with Crippen LogP contribution in [0.25, 0.3) is 0 Å². The molecule has 1 aliphatic heterocycles. The van der Waals surface area contributed by atoms with E-state index in [9.17, 15) is 35.1 Å². The van der Waals surface area contributed by atoms with Crippen LogP contribution in [0, 0.1) is 23.6 Å². The maximum atomic E-state index is 14.6. The molecule has 0 N–H and O–H groups in total. The van der Waals surface area contributed by atoms with Crippen molar-refractivity contribution in [2.75, 3.05) is 0 Å². The van der Waals surface area contributed by atoms with E-state index in [4.69, 9.17) is 0 Å². The van der Waals surface area contributed by atoms with Gasteiger partial charge in [0.1, 0.15) is 0 Å². The number of halogens is 8. The van der Waals surface area contributed by atoms with Gasteiger partial charge in [0.25, 0.3) is 6.10 Å². The molecule has 1 aromatic rings. The molecule has 3 aliphatic rings. The summed E-state index contributed by atoms with van der Waals surface area (Å²) in [5, 5.41) is 0. The Kier molecular flexibility index (Phi) is 6.88. The number of fused-ring (bicyclic) bond motifs is 1. The summed E-state index contributed by atoms with van der Waals surface area (Å²) in [5.74, 6) is -12.1. The normalized spacial score (nSPS) is 33.1. The molecule has 1 atom stereocenters. The summed E-state index contributed by atoms with van der Waals surface area (Å²) in [6.07, 6.45) is 0.196. The highest BCUT2D eigenvalue weighted by molar-refractivity contribution is 5.46. The average Bonchev–Trinajstić information content (AvgIpc) is 2.77. The highest BCUT2D eigenvalue weighted by Gasteiger charge is 2.74. The van der Waals surface area contributed by atoms with E-state index in [-0.39, 0.29) is 11.5 Å². The van der Waals surface area contributed by atoms with Crippen LogP contribution in [-0.4, -0.2) is 18.2 Å². The minimum absolute atomic E-state index is 0.117. The molecule has 0 bridgehead atoms. The zero-order valence-corrected chi connectivity index (χ0v) is 19.0. The van der Waals surface area contributed by atoms with Gasteiger partial charge in [0.05, 0.1) is 5.56 Å². The van der Waals surface area contributed by atoms with Crippen molar-refractivity contribution in [1.82, 2.24) is 0 Å². The molecule has 9 heteroatoms. The summed E-state index contributed by atoms with van der Waals surface area (Å²) in [6.45, 7) is 2.19. The minimum Gasteiger partial charge on any atom is -0.471 e. The molecule has 34 heavy (non-hydrogen) atoms. The minimum atomic E-state index is -5.79. The molecule has 1 unspecified atom stereocenters. The lowest BCUT2D eigenvalue weighted by atomic mass is 9.68. The number of benzene rings is 1. The molecule has 2 saturated carbocycles. The second-order valence-electron chi connectivity index (χ2n) is 10.3. The molecular weight excluding hydrogens is 468 g/mol. The van der Waals surface area contributed by atoms with Gasteiger partial charge in [-0.2, -0.15) is 30.7 Å². The summed E-state index contributed by atoms with van der Waals surface area (Å²) in [7, 11) is 0. The molecule has 2 fully saturated rings. The zero-order valence-electron chi connectivity index (χ0n) is 19.0. The topological polar surface area (TPSA) is 9.23 Å². The van der Waals surface area contributed by atoms with Crippen molar-refractivity contribution >= 4 is 0 Å². The van der Waals surface area contributed by atoms with Gasteiger partial charge in [0.15, 0.2) is 11.6 Å². The van der Waals surface area contributed by atoms with Gasteiger partial charge in [-0.25, -0.2) is 4.39 Å². The first-order valence-electron chi connectivity index (χ1n) is 12.2. The van der Waals surface area contributed by atoms with Crippen LogP contribution in [0.2, 0.25) is 0 Å². The van der Waals surface area contributed by atoms with Crippen LogP contribution in [0.3, 0.4) is 0 Å². The Labute approximate surface area is 194 Å². The highest BCUT2D eigenvalue weighted by Crippen LogP contribution is 2.57. The summed E-state index contributed by atoms with van der Waals surface area (Å²) < 4.78 is 115. The van der Waals surface area contributed by atoms with Crippen LogP contribution in [0.1, 0.15) is 88.2 Å². The lowest BCUT2D eigenvalue weighted by molar-refractivity contribution is -0.332. The van der Waals surface area contributed by atoms with Gasteiger partial charge in [-0.1, -0.05) is 32.6 Å². The van der Waals surface area contributed by atoms with E-state index in [1.165, 1.54) is 38.5 Å². The fourth-order valence-corrected chi connectivity index (χ4v) is 6.29. The second kappa shape index (κ2) is 9.16. The van der Waals surface area contributed by atoms with Crippen LogP contribution in [0.4, 0.5) is 35.1 Å². The molecule has 192 valence electrons. The Morgan fingerprint density at radius 3 is 1.97 bits per heavy atom. The van der Waals surface area contributed by atoms with E-state index in [1.807, 2.05) is 0 Å². The van der Waals surface area contributed by atoms with E-state index in [1.54, 1.807) is 0 Å². The third-order valence-electron chi connectivity index (χ3n) is 8.18. The smallest absolute Gasteiger partial charge is 0.431 e. The van der Waals surface area contributed by atoms with Crippen LogP contribution in [0.15, 0.2) is 12.1 Å². The van der Waals surface area contributed by atoms with Gasteiger partial charge in [-0.3, -0.25) is 0 Å². The summed E-state index contributed by atoms with van der Waals surface area (Å²) in [5.41, 5.74) is -1.39. The fraction of sp³-hybridized carbons (Fsp3) is 0.760. The molecule has 0 aromatic heterocycles. The second-order valence-corrected chi connectivity index (χ2v) is 10.3. The van der Waals surface area contributed by atoms with E-state index in [0.717, 1.165) is 30.9 Å². The van der Waals surface area contributed by atoms with Crippen LogP contribution < -0.4 is 4.74 Å². The van der Waals surface area contributed by atoms with Crippen molar-refractivity contribution < 1.29 is 39.9 Å². The fourth-order valence-electron chi connectivity index (χ4n) is 6.29. The molecular formula is C25H30F8O. The molecule has 2 aliphatic carbocycles. The third kappa shape index (κ3) is 4.52. The van der Waals surface area contributed by atoms with Crippen LogP contribution in [0.5, 0.6) is 5.75 Å². The van der Waals surface area contributed by atoms with Crippen LogP contribution in [-0.2, 0) is 5.92 Å². The number of hydrogen-bond donors (Lipinski definition) is 0. The number of rotatable bonds is 4. The average molecular weight is 498 g/mol. The third-order valence-corrected chi connectivity index (χ3v) is 8.18. The lowest BCUT2D eigenvalue weighted by Crippen LogP contribution is -2.60. The Morgan fingerprint density at radius 1 is 0.882 bits per heavy atom. The monoisotopic (exact) mass is 498 g/mol. The van der Waals surface area contributed by atoms with Crippen molar-refractivity contribution in [1.29, 1.82) is 0 Å². The van der Waals surface area contributed by atoms with Crippen molar-refractivity contribution in [2.45, 2.75) is 101 Å². The summed E-state index contributed by atoms with van der Waals surface area (Å²) in [4.78, 5) is 0. The standard InChI is InChI=1S/C25H30F8O/c1-2-3-14-4-6-15(7-5-14)16-8-10-17(11-9-16)18-12-19-21(20(26)13-18)34-22(25(31,32)33)24(29,30)23(19,27)28/h12-17,22H,2-11H2,1H3. The molecule has 1 heterocycles. The van der Waals surface area contributed by atoms with Crippen LogP contribution >= 0.6 is 0 Å². The van der Waals surface area contributed by atoms with E-state index in [0.29, 0.717) is 24.7 Å². The van der Waals surface area contributed by atoms with Crippen molar-refractivity contribution in [3.8, 4) is 5.75 Å². The highest BCUT2D eigenvalue weighted by atomic mass is 19.4. The number of alkyl halides is 7. The molecule has 0 amide bonds. The van der Waals surface area contributed by atoms with E-state index < -0.39 is 41.3 Å². The van der Waals surface area contributed by atoms with Crippen molar-refractivity contribution in [3.05, 3.63) is 29.1 Å². The van der Waals surface area contributed by atoms with Gasteiger partial charge in [0, 0.05) is 0 Å². The largest absolute Gasteiger partial charge is 0.471 e. The van der Waals surface area contributed by atoms with Crippen molar-refractivity contribution in [2.24, 2.45) is 17.8 Å². The SMILES string of the molecule is CCCC1CCC(C2CCC(c3cc(F)c4c(c3)C(F)(F)C(F)(F)C(C(F)(F)F)O4)CC2)CC1. The maximum absolute atomic E-state index is 14.6. The number of ether oxygens (including phenoxy) is 1. The van der Waals surface area contributed by atoms with Gasteiger partial charge < -0.3 is 4.74 Å². The molecule has 0 saturated heterocycles.